The van der Waals surface area contributed by atoms with Crippen molar-refractivity contribution in [3.8, 4) is 5.75 Å². The molecule has 1 amide bonds. The second kappa shape index (κ2) is 20.8. The van der Waals surface area contributed by atoms with Gasteiger partial charge >= 0.3 is 0 Å². The minimum atomic E-state index is -3.42. The molecule has 0 spiro atoms. The molecule has 63 heavy (non-hydrogen) atoms. The Morgan fingerprint density at radius 3 is 2.16 bits per heavy atom. The summed E-state index contributed by atoms with van der Waals surface area (Å²) in [4.78, 5) is 73.3. The van der Waals surface area contributed by atoms with Crippen LogP contribution in [-0.2, 0) is 25.6 Å². The van der Waals surface area contributed by atoms with E-state index >= 15 is 14.4 Å². The maximum Gasteiger partial charge on any atom is 0.261 e. The van der Waals surface area contributed by atoms with E-state index in [0.717, 1.165) is 63.7 Å². The predicted molar refractivity (Wildman–Crippen MR) is 241 cm³/mol. The minimum absolute atomic E-state index is 0.0271. The fourth-order valence-electron chi connectivity index (χ4n) is 10.2. The number of hydrogen-bond acceptors (Lipinski definition) is 12. The molecule has 2 fully saturated rings. The van der Waals surface area contributed by atoms with Crippen molar-refractivity contribution in [2.75, 3.05) is 0 Å². The molecule has 8 atom stereocenters. The zero-order valence-corrected chi connectivity index (χ0v) is 37.0. The van der Waals surface area contributed by atoms with Crippen LogP contribution in [0.1, 0.15) is 122 Å². The highest BCUT2D eigenvalue weighted by Crippen LogP contribution is 2.52. The summed E-state index contributed by atoms with van der Waals surface area (Å²) in [6.07, 6.45) is 12.4. The van der Waals surface area contributed by atoms with Gasteiger partial charge in [0.2, 0.25) is 11.5 Å². The summed E-state index contributed by atoms with van der Waals surface area (Å²) in [6.45, 7) is 4.74. The number of Topliss-reactive ketones (excluding diaryl/α,β-unsaturated/α-hetero) is 3. The first-order valence-corrected chi connectivity index (χ1v) is 22.8. The summed E-state index contributed by atoms with van der Waals surface area (Å²) in [7, 11) is 0. The highest BCUT2D eigenvalue weighted by atomic mass is 16.6. The van der Waals surface area contributed by atoms with Crippen molar-refractivity contribution in [1.29, 1.82) is 0 Å². The monoisotopic (exact) mass is 866 g/mol. The molecule has 2 aliphatic carbocycles. The number of aromatic nitrogens is 3. The van der Waals surface area contributed by atoms with Gasteiger partial charge < -0.3 is 42.5 Å². The van der Waals surface area contributed by atoms with Gasteiger partial charge in [-0.05, 0) is 61.1 Å². The second-order valence-electron chi connectivity index (χ2n) is 18.2. The molecule has 0 aliphatic heterocycles. The number of ether oxygens (including phenoxy) is 1. The maximum atomic E-state index is 16.2. The van der Waals surface area contributed by atoms with E-state index in [2.05, 4.69) is 20.3 Å². The number of ketones is 3. The quantitative estimate of drug-likeness (QED) is 0.0403. The first-order chi connectivity index (χ1) is 30.2. The summed E-state index contributed by atoms with van der Waals surface area (Å²) in [6, 6.07) is 11.5. The molecule has 0 saturated heterocycles. The molecule has 14 nitrogen and oxygen atoms in total. The SMILES string of the molecule is CC[C@H](C)[C@H](N)C(=O)C(NC(=O)[C@](CC1CCCCC1)(C(=O)[C@@H](N)Cc1cnc[nH]1)[C@@](O)(C(C)=O)[C@](O)(Oc1cccc2ccccc12)[C@@H](N)CC1CCCCC1)c1ccccn1. The summed E-state index contributed by atoms with van der Waals surface area (Å²) < 4.78 is 6.72. The molecule has 340 valence electrons. The molecular formula is C49H67N7O7. The number of amides is 1. The van der Waals surface area contributed by atoms with E-state index in [1.807, 2.05) is 32.0 Å². The normalized spacial score (nSPS) is 20.5. The van der Waals surface area contributed by atoms with Gasteiger partial charge in [-0.1, -0.05) is 127 Å². The molecule has 2 saturated carbocycles. The van der Waals surface area contributed by atoms with E-state index in [1.165, 1.54) is 18.7 Å². The van der Waals surface area contributed by atoms with Crippen LogP contribution in [0.15, 0.2) is 79.4 Å². The third kappa shape index (κ3) is 9.80. The van der Waals surface area contributed by atoms with Gasteiger partial charge in [0.1, 0.15) is 11.8 Å². The van der Waals surface area contributed by atoms with E-state index < -0.39 is 76.6 Å². The molecule has 1 unspecified atom stereocenters. The molecule has 2 heterocycles. The lowest BCUT2D eigenvalue weighted by atomic mass is 9.55. The third-order valence-corrected chi connectivity index (χ3v) is 14.1. The van der Waals surface area contributed by atoms with Crippen molar-refractivity contribution >= 4 is 34.0 Å². The van der Waals surface area contributed by atoms with Crippen molar-refractivity contribution in [2.45, 2.75) is 146 Å². The number of pyridine rings is 1. The topological polar surface area (TPSA) is 250 Å². The fraction of sp³-hybridized carbons (Fsp3) is 0.551. The van der Waals surface area contributed by atoms with Crippen LogP contribution < -0.4 is 27.3 Å². The Morgan fingerprint density at radius 2 is 1.54 bits per heavy atom. The molecule has 2 aromatic heterocycles. The van der Waals surface area contributed by atoms with E-state index in [-0.39, 0.29) is 36.1 Å². The summed E-state index contributed by atoms with van der Waals surface area (Å²) >= 11 is 0. The Balaban J connectivity index is 1.64. The van der Waals surface area contributed by atoms with Crippen LogP contribution in [0.2, 0.25) is 0 Å². The van der Waals surface area contributed by atoms with Crippen molar-refractivity contribution in [3.05, 3.63) is 90.8 Å². The highest BCUT2D eigenvalue weighted by molar-refractivity contribution is 6.15. The molecule has 4 aromatic rings. The predicted octanol–water partition coefficient (Wildman–Crippen LogP) is 5.54. The van der Waals surface area contributed by atoms with E-state index in [4.69, 9.17) is 21.9 Å². The molecular weight excluding hydrogens is 799 g/mol. The van der Waals surface area contributed by atoms with Gasteiger partial charge in [-0.15, -0.1) is 0 Å². The lowest BCUT2D eigenvalue weighted by Gasteiger charge is -2.54. The molecule has 2 aromatic carbocycles. The van der Waals surface area contributed by atoms with Gasteiger partial charge in [-0.2, -0.15) is 0 Å². The third-order valence-electron chi connectivity index (χ3n) is 14.1. The molecule has 0 radical (unpaired) electrons. The number of carbonyl (C=O) groups is 4. The zero-order valence-electron chi connectivity index (χ0n) is 37.0. The number of hydrogen-bond donors (Lipinski definition) is 7. The standard InChI is InChI=1S/C49H67N7O7/c1-4-31(2)42(52)44(58)43(39-23-13-14-25-54-39)56-46(60)47(28-34-18-9-6-10-19-34,45(59)38(50)27-36-29-53-30-55-36)48(61,32(3)57)49(62,41(51)26-33-16-7-5-8-17-33)63-40-24-15-21-35-20-11-12-22-37(35)40/h11-15,20-25,29-31,33-34,38,41-43,61-62H,4-10,16-19,26-28,50-52H2,1-3H3,(H,53,55)(H,56,60)/t31-,38-,41-,42-,43?,47-,48-,49+/m0/s1. The van der Waals surface area contributed by atoms with Crippen molar-refractivity contribution in [1.82, 2.24) is 20.3 Å². The smallest absolute Gasteiger partial charge is 0.261 e. The lowest BCUT2D eigenvalue weighted by molar-refractivity contribution is -0.288. The van der Waals surface area contributed by atoms with Gasteiger partial charge in [0.15, 0.2) is 22.8 Å². The molecule has 2 aliphatic rings. The van der Waals surface area contributed by atoms with Crippen LogP contribution in [0.25, 0.3) is 10.8 Å². The van der Waals surface area contributed by atoms with E-state index in [9.17, 15) is 15.0 Å². The maximum absolute atomic E-state index is 16.2. The molecule has 10 N–H and O–H groups in total. The van der Waals surface area contributed by atoms with E-state index in [0.29, 0.717) is 30.3 Å². The van der Waals surface area contributed by atoms with Crippen molar-refractivity contribution < 1.29 is 34.1 Å². The first kappa shape index (κ1) is 47.6. The average molecular weight is 866 g/mol. The van der Waals surface area contributed by atoms with Gasteiger partial charge in [0.05, 0.1) is 30.1 Å². The Morgan fingerprint density at radius 1 is 0.889 bits per heavy atom. The van der Waals surface area contributed by atoms with Gasteiger partial charge in [-0.3, -0.25) is 24.2 Å². The van der Waals surface area contributed by atoms with Crippen LogP contribution in [-0.4, -0.2) is 77.9 Å². The number of fused-ring (bicyclic) bond motifs is 1. The van der Waals surface area contributed by atoms with Crippen LogP contribution in [0.5, 0.6) is 5.75 Å². The number of aromatic amines is 1. The van der Waals surface area contributed by atoms with Crippen molar-refractivity contribution in [2.24, 2.45) is 40.4 Å². The van der Waals surface area contributed by atoms with Crippen LogP contribution in [0.4, 0.5) is 0 Å². The minimum Gasteiger partial charge on any atom is -0.456 e. The summed E-state index contributed by atoms with van der Waals surface area (Å²) in [5.41, 5.74) is 14.9. The van der Waals surface area contributed by atoms with Crippen LogP contribution in [0.3, 0.4) is 0 Å². The van der Waals surface area contributed by atoms with Crippen molar-refractivity contribution in [3.63, 3.8) is 0 Å². The number of imidazole rings is 1. The first-order valence-electron chi connectivity index (χ1n) is 22.8. The Hall–Kier alpha value is -4.86. The number of rotatable bonds is 21. The number of aliphatic hydroxyl groups is 2. The highest BCUT2D eigenvalue weighted by Gasteiger charge is 2.75. The number of carbonyl (C=O) groups excluding carboxylic acids is 4. The molecule has 14 heteroatoms. The van der Waals surface area contributed by atoms with Gasteiger partial charge in [0.25, 0.3) is 5.79 Å². The average Bonchev–Trinajstić information content (AvgIpc) is 3.82. The Bertz CT molecular complexity index is 2150. The number of benzene rings is 2. The number of H-pyrrole nitrogens is 1. The van der Waals surface area contributed by atoms with Gasteiger partial charge in [-0.25, -0.2) is 4.98 Å². The number of nitrogens with two attached hydrogens (primary N) is 3. The number of nitrogens with zero attached hydrogens (tertiary/aromatic N) is 2. The Labute approximate surface area is 370 Å². The molecule has 6 rings (SSSR count). The van der Waals surface area contributed by atoms with E-state index in [1.54, 1.807) is 42.5 Å². The second-order valence-corrected chi connectivity index (χ2v) is 18.2. The lowest BCUT2D eigenvalue weighted by Crippen LogP contribution is -2.81. The fourth-order valence-corrected chi connectivity index (χ4v) is 10.2. The van der Waals surface area contributed by atoms with Crippen LogP contribution >= 0.6 is 0 Å². The molecule has 0 bridgehead atoms. The van der Waals surface area contributed by atoms with Gasteiger partial charge in [0, 0.05) is 29.9 Å². The Kier molecular flexibility index (Phi) is 15.7. The zero-order chi connectivity index (χ0) is 45.4. The summed E-state index contributed by atoms with van der Waals surface area (Å²) in [5.74, 6) is -7.83. The number of nitrogens with one attached hydrogen (secondary N) is 2. The van der Waals surface area contributed by atoms with Crippen LogP contribution in [0, 0.1) is 23.2 Å². The largest absolute Gasteiger partial charge is 0.456 e. The summed E-state index contributed by atoms with van der Waals surface area (Å²) in [5, 5.41) is 31.9.